The van der Waals surface area contributed by atoms with Gasteiger partial charge in [0.15, 0.2) is 0 Å². The Kier molecular flexibility index (Phi) is 4.18. The third-order valence-corrected chi connectivity index (χ3v) is 2.33. The van der Waals surface area contributed by atoms with Crippen LogP contribution in [0.4, 0.5) is 5.69 Å². The van der Waals surface area contributed by atoms with Crippen molar-refractivity contribution in [1.82, 2.24) is 9.97 Å². The average molecular weight is 259 g/mol. The van der Waals surface area contributed by atoms with E-state index >= 15 is 0 Å². The van der Waals surface area contributed by atoms with Crippen LogP contribution >= 0.6 is 0 Å². The molecule has 0 unspecified atom stereocenters. The summed E-state index contributed by atoms with van der Waals surface area (Å²) in [5, 5.41) is 0. The SMILES string of the molecule is CCCOc1cc(C)nc(Oc2cccc(N)c2)n1. The number of rotatable bonds is 5. The number of nitrogen functional groups attached to an aromatic ring is 1. The Labute approximate surface area is 112 Å². The van der Waals surface area contributed by atoms with E-state index in [1.165, 1.54) is 0 Å². The molecule has 0 amide bonds. The molecule has 0 radical (unpaired) electrons. The molecule has 0 aliphatic carbocycles. The Morgan fingerprint density at radius 3 is 2.79 bits per heavy atom. The maximum Gasteiger partial charge on any atom is 0.325 e. The first-order valence-corrected chi connectivity index (χ1v) is 6.19. The van der Waals surface area contributed by atoms with Crippen molar-refractivity contribution in [3.8, 4) is 17.6 Å². The van der Waals surface area contributed by atoms with Crippen LogP contribution in [0.25, 0.3) is 0 Å². The number of aryl methyl sites for hydroxylation is 1. The van der Waals surface area contributed by atoms with Gasteiger partial charge in [-0.25, -0.2) is 0 Å². The lowest BCUT2D eigenvalue weighted by Crippen LogP contribution is -2.01. The molecule has 0 fully saturated rings. The lowest BCUT2D eigenvalue weighted by atomic mass is 10.3. The topological polar surface area (TPSA) is 70.3 Å². The van der Waals surface area contributed by atoms with Crippen LogP contribution in [-0.2, 0) is 0 Å². The standard InChI is InChI=1S/C14H17N3O2/c1-3-7-18-13-8-10(2)16-14(17-13)19-12-6-4-5-11(15)9-12/h4-6,8-9H,3,7,15H2,1-2H3. The van der Waals surface area contributed by atoms with Gasteiger partial charge in [-0.15, -0.1) is 0 Å². The molecule has 5 heteroatoms. The van der Waals surface area contributed by atoms with Gasteiger partial charge in [-0.05, 0) is 25.5 Å². The van der Waals surface area contributed by atoms with Gasteiger partial charge in [0.1, 0.15) is 5.75 Å². The highest BCUT2D eigenvalue weighted by Gasteiger charge is 2.05. The van der Waals surface area contributed by atoms with Gasteiger partial charge in [-0.1, -0.05) is 13.0 Å². The van der Waals surface area contributed by atoms with Crippen molar-refractivity contribution < 1.29 is 9.47 Å². The minimum absolute atomic E-state index is 0.261. The van der Waals surface area contributed by atoms with E-state index in [0.29, 0.717) is 23.9 Å². The first-order valence-electron chi connectivity index (χ1n) is 6.19. The fourth-order valence-electron chi connectivity index (χ4n) is 1.52. The van der Waals surface area contributed by atoms with Crippen molar-refractivity contribution in [3.05, 3.63) is 36.0 Å². The van der Waals surface area contributed by atoms with Crippen molar-refractivity contribution in [2.45, 2.75) is 20.3 Å². The summed E-state index contributed by atoms with van der Waals surface area (Å²) in [7, 11) is 0. The molecule has 2 aromatic rings. The Hall–Kier alpha value is -2.30. The van der Waals surface area contributed by atoms with E-state index in [4.69, 9.17) is 15.2 Å². The third-order valence-electron chi connectivity index (χ3n) is 2.33. The molecule has 0 aliphatic rings. The lowest BCUT2D eigenvalue weighted by Gasteiger charge is -2.08. The van der Waals surface area contributed by atoms with Crippen LogP contribution in [0.3, 0.4) is 0 Å². The summed E-state index contributed by atoms with van der Waals surface area (Å²) in [4.78, 5) is 8.41. The number of anilines is 1. The number of hydrogen-bond acceptors (Lipinski definition) is 5. The zero-order chi connectivity index (χ0) is 13.7. The molecule has 2 rings (SSSR count). The predicted octanol–water partition coefficient (Wildman–Crippen LogP) is 2.95. The number of nitrogens with zero attached hydrogens (tertiary/aromatic N) is 2. The minimum Gasteiger partial charge on any atom is -0.478 e. The Morgan fingerprint density at radius 2 is 2.05 bits per heavy atom. The molecule has 5 nitrogen and oxygen atoms in total. The second kappa shape index (κ2) is 6.04. The largest absolute Gasteiger partial charge is 0.478 e. The van der Waals surface area contributed by atoms with E-state index in [1.54, 1.807) is 24.3 Å². The highest BCUT2D eigenvalue weighted by molar-refractivity contribution is 5.44. The van der Waals surface area contributed by atoms with Crippen LogP contribution in [0.5, 0.6) is 17.6 Å². The van der Waals surface area contributed by atoms with Crippen LogP contribution in [0.2, 0.25) is 0 Å². The molecule has 2 N–H and O–H groups in total. The highest BCUT2D eigenvalue weighted by Crippen LogP contribution is 2.22. The van der Waals surface area contributed by atoms with Crippen LogP contribution in [0, 0.1) is 6.92 Å². The van der Waals surface area contributed by atoms with Crippen molar-refractivity contribution in [2.75, 3.05) is 12.3 Å². The van der Waals surface area contributed by atoms with Crippen molar-refractivity contribution in [1.29, 1.82) is 0 Å². The second-order valence-electron chi connectivity index (χ2n) is 4.15. The summed E-state index contributed by atoms with van der Waals surface area (Å²) in [5.74, 6) is 1.13. The summed E-state index contributed by atoms with van der Waals surface area (Å²) >= 11 is 0. The van der Waals surface area contributed by atoms with Gasteiger partial charge in [0.05, 0.1) is 6.61 Å². The van der Waals surface area contributed by atoms with Gasteiger partial charge in [-0.2, -0.15) is 9.97 Å². The molecular weight excluding hydrogens is 242 g/mol. The maximum absolute atomic E-state index is 5.69. The van der Waals surface area contributed by atoms with Crippen LogP contribution in [0.15, 0.2) is 30.3 Å². The normalized spacial score (nSPS) is 10.2. The average Bonchev–Trinajstić information content (AvgIpc) is 2.35. The fourth-order valence-corrected chi connectivity index (χ4v) is 1.52. The highest BCUT2D eigenvalue weighted by atomic mass is 16.5. The third kappa shape index (κ3) is 3.84. The molecule has 1 aromatic heterocycles. The first kappa shape index (κ1) is 13.1. The van der Waals surface area contributed by atoms with Crippen molar-refractivity contribution in [3.63, 3.8) is 0 Å². The van der Waals surface area contributed by atoms with Crippen LogP contribution < -0.4 is 15.2 Å². The number of ether oxygens (including phenoxy) is 2. The molecule has 19 heavy (non-hydrogen) atoms. The summed E-state index contributed by atoms with van der Waals surface area (Å²) in [5.41, 5.74) is 7.12. The van der Waals surface area contributed by atoms with E-state index in [9.17, 15) is 0 Å². The summed E-state index contributed by atoms with van der Waals surface area (Å²) < 4.78 is 11.1. The molecule has 0 aliphatic heterocycles. The molecule has 1 heterocycles. The van der Waals surface area contributed by atoms with Gasteiger partial charge >= 0.3 is 6.01 Å². The number of benzene rings is 1. The van der Waals surface area contributed by atoms with Gasteiger partial charge in [0.25, 0.3) is 0 Å². The van der Waals surface area contributed by atoms with E-state index in [1.807, 2.05) is 19.9 Å². The second-order valence-corrected chi connectivity index (χ2v) is 4.15. The zero-order valence-corrected chi connectivity index (χ0v) is 11.1. The molecule has 0 bridgehead atoms. The van der Waals surface area contributed by atoms with Gasteiger partial charge < -0.3 is 15.2 Å². The molecule has 0 atom stereocenters. The van der Waals surface area contributed by atoms with Crippen molar-refractivity contribution >= 4 is 5.69 Å². The zero-order valence-electron chi connectivity index (χ0n) is 11.1. The quantitative estimate of drug-likeness (QED) is 0.836. The number of nitrogens with two attached hydrogens (primary N) is 1. The lowest BCUT2D eigenvalue weighted by molar-refractivity contribution is 0.298. The Morgan fingerprint density at radius 1 is 1.21 bits per heavy atom. The van der Waals surface area contributed by atoms with Gasteiger partial charge in [-0.3, -0.25) is 0 Å². The van der Waals surface area contributed by atoms with E-state index in [2.05, 4.69) is 9.97 Å². The Balaban J connectivity index is 2.17. The van der Waals surface area contributed by atoms with E-state index < -0.39 is 0 Å². The molecular formula is C14H17N3O2. The minimum atomic E-state index is 0.261. The van der Waals surface area contributed by atoms with E-state index in [-0.39, 0.29) is 6.01 Å². The summed E-state index contributed by atoms with van der Waals surface area (Å²) in [6.45, 7) is 4.53. The molecule has 0 spiro atoms. The molecule has 1 aromatic carbocycles. The summed E-state index contributed by atoms with van der Waals surface area (Å²) in [6.07, 6.45) is 0.925. The fraction of sp³-hybridized carbons (Fsp3) is 0.286. The predicted molar refractivity (Wildman–Crippen MR) is 73.5 cm³/mol. The summed E-state index contributed by atoms with van der Waals surface area (Å²) in [6, 6.07) is 9.17. The molecule has 0 saturated heterocycles. The van der Waals surface area contributed by atoms with Gasteiger partial charge in [0, 0.05) is 23.5 Å². The van der Waals surface area contributed by atoms with Crippen LogP contribution in [-0.4, -0.2) is 16.6 Å². The first-order chi connectivity index (χ1) is 9.17. The number of aromatic nitrogens is 2. The number of hydrogen-bond donors (Lipinski definition) is 1. The molecule has 100 valence electrons. The van der Waals surface area contributed by atoms with Gasteiger partial charge in [0.2, 0.25) is 5.88 Å². The monoisotopic (exact) mass is 259 g/mol. The maximum atomic E-state index is 5.69. The van der Waals surface area contributed by atoms with Crippen LogP contribution in [0.1, 0.15) is 19.0 Å². The van der Waals surface area contributed by atoms with E-state index in [0.717, 1.165) is 12.1 Å². The van der Waals surface area contributed by atoms with Crippen molar-refractivity contribution in [2.24, 2.45) is 0 Å². The smallest absolute Gasteiger partial charge is 0.325 e. The molecule has 0 saturated carbocycles. The Bertz CT molecular complexity index is 558.